The van der Waals surface area contributed by atoms with Gasteiger partial charge in [-0.15, -0.1) is 17.3 Å². The predicted octanol–water partition coefficient (Wildman–Crippen LogP) is 8.00. The van der Waals surface area contributed by atoms with E-state index in [2.05, 4.69) is 46.7 Å². The van der Waals surface area contributed by atoms with Crippen LogP contribution < -0.4 is 43.0 Å². The summed E-state index contributed by atoms with van der Waals surface area (Å²) in [5.74, 6) is -3.86. The van der Waals surface area contributed by atoms with Crippen LogP contribution in [0.1, 0.15) is 138 Å². The third-order valence-electron chi connectivity index (χ3n) is 22.1. The van der Waals surface area contributed by atoms with E-state index >= 15 is 0 Å². The number of benzene rings is 4. The van der Waals surface area contributed by atoms with E-state index in [4.69, 9.17) is 60.2 Å². The number of hydrogen-bond acceptors (Lipinski definition) is 34. The summed E-state index contributed by atoms with van der Waals surface area (Å²) < 4.78 is 93.5. The molecule has 1 aromatic heterocycles. The molecule has 3 saturated heterocycles. The molecule has 0 saturated carbocycles. The zero-order valence-corrected chi connectivity index (χ0v) is 75.9. The molecule has 692 valence electrons. The summed E-state index contributed by atoms with van der Waals surface area (Å²) >= 11 is 2.67. The van der Waals surface area contributed by atoms with Crippen LogP contribution in [0.25, 0.3) is 27.1 Å². The Labute approximate surface area is 755 Å². The van der Waals surface area contributed by atoms with E-state index in [1.165, 1.54) is 54.6 Å². The maximum absolute atomic E-state index is 14.4. The molecule has 10 rings (SSSR count). The molecule has 5 aliphatic rings. The van der Waals surface area contributed by atoms with Gasteiger partial charge in [-0.3, -0.25) is 53.1 Å². The standard InChI is InChI=1S/C78H100N14O27S8/c1-77(2)64(88(34-11-36-120-116-112-102)57-24-21-50-52(68(57)77)39-48(126(106,107)108)41-62(50)124-118-114-104)26-19-46(20-27-65-78(3,4)69-53-40-49(127(109,110)111)42-63(125-119-115-105)51(53)22-25-58(69)89(65)35-12-37-121-117-113-103)54-23-18-47(44-85-54)70(95)82-30-10-38-122-123-45-56(75(100)101)86-66(93)17-6-28-83-71(96)59-14-8-32-91(59)74(99)61-16-9-33-92(61)73(98)55(13-5-29-84-76(80)81)87-72(97)60-15-7-31-90(60)67(94)43-79/h18-27,39-42,44,55-56,59-61H,5-17,28-38,43,45,79H2,1-4H3,(H14-,80,81,82,83,84,86,87,93,95,96,97,100,101,102,103,104,105,106,107,108,109,110,111)/p+1/t55-,56-,59-,60?,61-/m0/s1. The van der Waals surface area contributed by atoms with Gasteiger partial charge in [0.2, 0.25) is 41.1 Å². The summed E-state index contributed by atoms with van der Waals surface area (Å²) in [5, 5.41) is 84.7. The molecule has 5 aromatic rings. The molecule has 17 N–H and O–H groups in total. The van der Waals surface area contributed by atoms with Crippen molar-refractivity contribution in [3.63, 3.8) is 0 Å². The second kappa shape index (κ2) is 47.0. The minimum absolute atomic E-state index is 0.0225. The van der Waals surface area contributed by atoms with E-state index in [-0.39, 0.29) is 85.6 Å². The van der Waals surface area contributed by atoms with Gasteiger partial charge >= 0.3 is 5.97 Å². The van der Waals surface area contributed by atoms with Crippen molar-refractivity contribution in [3.05, 3.63) is 119 Å². The van der Waals surface area contributed by atoms with Crippen LogP contribution in [-0.4, -0.2) is 247 Å². The number of carboxylic acid groups (broad SMARTS) is 1. The van der Waals surface area contributed by atoms with Crippen molar-refractivity contribution in [1.29, 1.82) is 5.41 Å². The van der Waals surface area contributed by atoms with Gasteiger partial charge in [-0.05, 0) is 172 Å². The Morgan fingerprint density at radius 1 is 0.654 bits per heavy atom. The SMILES string of the molecule is CC1(C)C(/C=C/C(=C/C=C2/N(CCCSOOO)c3ccc4c(SOOO)cc(S(=O)(=O)O)cc4c3C2(C)C)c2ccc(C(=O)NCCCSSC[C@H](NC(=O)CCCNC(=O)[C@@H]3CCCN3C(=O)[C@@H]3CCCN3C(=O)[C@H](CCCNC(=N)N)NC(=O)C3CCCN3C(=O)CN)C(=O)O)cn2)=[N+](CCCSOOO)c2ccc3c(SOOO)cc(S(=O)(=O)O)cc3c21. The van der Waals surface area contributed by atoms with Gasteiger partial charge in [0.1, 0.15) is 36.8 Å². The molecular formula is C78H101N14O27S8+. The van der Waals surface area contributed by atoms with Gasteiger partial charge in [0, 0.05) is 162 Å². The van der Waals surface area contributed by atoms with Crippen LogP contribution >= 0.6 is 69.8 Å². The van der Waals surface area contributed by atoms with Crippen molar-refractivity contribution < 1.29 is 132 Å². The Hall–Kier alpha value is -8.33. The van der Waals surface area contributed by atoms with Crippen LogP contribution in [0.15, 0.2) is 116 Å². The molecule has 6 heterocycles. The number of aliphatic carboxylic acids is 1. The Balaban J connectivity index is 0.801. The molecular weight excluding hydrogens is 1820 g/mol. The summed E-state index contributed by atoms with van der Waals surface area (Å²) in [4.78, 5) is 119. The van der Waals surface area contributed by atoms with Crippen molar-refractivity contribution >= 4 is 187 Å². The molecule has 49 heteroatoms. The van der Waals surface area contributed by atoms with E-state index < -0.39 is 118 Å². The van der Waals surface area contributed by atoms with Crippen molar-refractivity contribution in [3.8, 4) is 0 Å². The summed E-state index contributed by atoms with van der Waals surface area (Å²) in [5.41, 5.74) is 13.8. The number of allylic oxidation sites excluding steroid dienone is 6. The average molecular weight is 1920 g/mol. The number of nitrogens with zero attached hydrogens (tertiary/aromatic N) is 6. The third kappa shape index (κ3) is 25.7. The number of carbonyl (C=O) groups is 8. The lowest BCUT2D eigenvalue weighted by Gasteiger charge is -2.33. The van der Waals surface area contributed by atoms with E-state index in [1.54, 1.807) is 36.4 Å². The molecule has 4 aromatic carbocycles. The molecule has 7 amide bonds. The number of fused-ring (bicyclic) bond motifs is 6. The first kappa shape index (κ1) is 101. The average Bonchev–Trinajstić information content (AvgIpc) is 1.57. The molecule has 1 unspecified atom stereocenters. The fraction of sp³-hybridized carbons (Fsp3) is 0.474. The van der Waals surface area contributed by atoms with Gasteiger partial charge < -0.3 is 62.8 Å². The van der Waals surface area contributed by atoms with Crippen molar-refractivity contribution in [2.24, 2.45) is 11.5 Å². The first-order chi connectivity index (χ1) is 60.7. The third-order valence-corrected chi connectivity index (χ3v) is 28.7. The molecule has 0 bridgehead atoms. The first-order valence-corrected chi connectivity index (χ1v) is 48.8. The number of carbonyl (C=O) groups excluding carboxylic acids is 7. The van der Waals surface area contributed by atoms with E-state index in [9.17, 15) is 69.4 Å². The Morgan fingerprint density at radius 2 is 1.25 bits per heavy atom. The predicted molar refractivity (Wildman–Crippen MR) is 473 cm³/mol. The zero-order chi connectivity index (χ0) is 91.9. The van der Waals surface area contributed by atoms with Gasteiger partial charge in [-0.2, -0.15) is 21.4 Å². The Kier molecular flexibility index (Phi) is 37.3. The molecule has 5 aliphatic heterocycles. The fourth-order valence-corrected chi connectivity index (χ4v) is 21.6. The van der Waals surface area contributed by atoms with Gasteiger partial charge in [0.05, 0.1) is 57.1 Å². The van der Waals surface area contributed by atoms with Crippen molar-refractivity contribution in [1.82, 2.24) is 46.3 Å². The Morgan fingerprint density at radius 3 is 1.87 bits per heavy atom. The number of aromatic nitrogens is 1. The molecule has 5 atom stereocenters. The summed E-state index contributed by atoms with van der Waals surface area (Å²) in [6.07, 6.45) is 13.0. The number of hydrogen-bond donors (Lipinski definition) is 15. The highest BCUT2D eigenvalue weighted by atomic mass is 33.1. The molecule has 0 spiro atoms. The van der Waals surface area contributed by atoms with Gasteiger partial charge in [-0.25, -0.2) is 25.8 Å². The number of nitrogens with one attached hydrogen (secondary N) is 6. The highest BCUT2D eigenvalue weighted by molar-refractivity contribution is 8.76. The summed E-state index contributed by atoms with van der Waals surface area (Å²) in [6.45, 7) is 9.19. The van der Waals surface area contributed by atoms with Crippen molar-refractivity contribution in [2.45, 2.75) is 172 Å². The Bertz CT molecular complexity index is 5230. The molecule has 41 nitrogen and oxygen atoms in total. The maximum atomic E-state index is 14.4. The van der Waals surface area contributed by atoms with Crippen LogP contribution in [0, 0.1) is 5.41 Å². The highest BCUT2D eigenvalue weighted by Crippen LogP contribution is 2.53. The topological polar surface area (TPSA) is 585 Å². The number of carboxylic acids is 1. The fourth-order valence-electron chi connectivity index (χ4n) is 16.4. The maximum Gasteiger partial charge on any atom is 0.327 e. The van der Waals surface area contributed by atoms with Crippen LogP contribution in [0.4, 0.5) is 11.4 Å². The molecule has 127 heavy (non-hydrogen) atoms. The number of rotatable bonds is 48. The molecule has 0 aliphatic carbocycles. The first-order valence-electron chi connectivity index (χ1n) is 40.2. The number of amides is 7. The normalized spacial score (nSPS) is 18.2. The minimum atomic E-state index is -4.85. The van der Waals surface area contributed by atoms with Crippen LogP contribution in [0.3, 0.4) is 0 Å². The second-order valence-corrected chi connectivity index (χ2v) is 39.3. The van der Waals surface area contributed by atoms with Gasteiger partial charge in [-0.1, -0.05) is 67.7 Å². The molecule has 0 radical (unpaired) electrons. The smallest absolute Gasteiger partial charge is 0.327 e. The number of nitrogens with two attached hydrogens (primary N) is 2. The van der Waals surface area contributed by atoms with E-state index in [0.29, 0.717) is 192 Å². The van der Waals surface area contributed by atoms with Crippen LogP contribution in [0.5, 0.6) is 0 Å². The van der Waals surface area contributed by atoms with Crippen LogP contribution in [-0.2, 0) is 102 Å². The largest absolute Gasteiger partial charge is 0.480 e. The summed E-state index contributed by atoms with van der Waals surface area (Å²) in [6, 6.07) is 10.3. The highest BCUT2D eigenvalue weighted by Gasteiger charge is 2.48. The lowest BCUT2D eigenvalue weighted by Crippen LogP contribution is -2.58. The molecule has 3 fully saturated rings. The van der Waals surface area contributed by atoms with Gasteiger partial charge in [0.15, 0.2) is 11.7 Å². The van der Waals surface area contributed by atoms with Crippen LogP contribution in [0.2, 0.25) is 0 Å². The van der Waals surface area contributed by atoms with Crippen molar-refractivity contribution in [2.75, 3.05) is 86.8 Å². The number of guanidine groups is 1. The van der Waals surface area contributed by atoms with E-state index in [0.717, 1.165) is 36.2 Å². The minimum Gasteiger partial charge on any atom is -0.480 e. The second-order valence-electron chi connectivity index (χ2n) is 30.8. The lowest BCUT2D eigenvalue weighted by atomic mass is 9.79. The van der Waals surface area contributed by atoms with Gasteiger partial charge in [0.25, 0.3) is 26.1 Å². The summed E-state index contributed by atoms with van der Waals surface area (Å²) in [7, 11) is -7.18. The number of anilines is 1. The number of pyridine rings is 1. The zero-order valence-electron chi connectivity index (χ0n) is 69.3. The van der Waals surface area contributed by atoms with E-state index in [1.807, 2.05) is 61.5 Å². The number of likely N-dealkylation sites (tertiary alicyclic amines) is 3. The quantitative estimate of drug-likeness (QED) is 0.00167. The monoisotopic (exact) mass is 1920 g/mol. The lowest BCUT2D eigenvalue weighted by molar-refractivity contribution is -0.438.